The molecule has 1 saturated heterocycles. The third-order valence-electron chi connectivity index (χ3n) is 3.06. The summed E-state index contributed by atoms with van der Waals surface area (Å²) in [5.41, 5.74) is 0. The van der Waals surface area contributed by atoms with Gasteiger partial charge in [-0.15, -0.1) is 0 Å². The molecule has 1 N–H and O–H groups in total. The molecule has 0 aliphatic carbocycles. The van der Waals surface area contributed by atoms with Crippen molar-refractivity contribution in [3.8, 4) is 0 Å². The lowest BCUT2D eigenvalue weighted by molar-refractivity contribution is 0.204. The Morgan fingerprint density at radius 2 is 2.28 bits per heavy atom. The standard InChI is InChI=1S/C12H19BrN4O/c1-18-6-5-17(9-11-3-2-4-14-11)12-15-7-10(13)8-16-12/h7-8,11,14H,2-6,9H2,1H3. The number of anilines is 1. The van der Waals surface area contributed by atoms with Crippen molar-refractivity contribution >= 4 is 21.9 Å². The first kappa shape index (κ1) is 13.7. The fourth-order valence-corrected chi connectivity index (χ4v) is 2.33. The molecule has 2 rings (SSSR count). The average Bonchev–Trinajstić information content (AvgIpc) is 2.88. The number of rotatable bonds is 6. The van der Waals surface area contributed by atoms with Crippen LogP contribution >= 0.6 is 15.9 Å². The van der Waals surface area contributed by atoms with Crippen molar-refractivity contribution in [2.75, 3.05) is 38.3 Å². The van der Waals surface area contributed by atoms with Crippen LogP contribution in [0.2, 0.25) is 0 Å². The van der Waals surface area contributed by atoms with Gasteiger partial charge in [0.15, 0.2) is 0 Å². The molecule has 6 heteroatoms. The van der Waals surface area contributed by atoms with E-state index in [9.17, 15) is 0 Å². The van der Waals surface area contributed by atoms with E-state index in [1.54, 1.807) is 19.5 Å². The van der Waals surface area contributed by atoms with Gasteiger partial charge >= 0.3 is 0 Å². The number of methoxy groups -OCH3 is 1. The summed E-state index contributed by atoms with van der Waals surface area (Å²) >= 11 is 3.35. The zero-order chi connectivity index (χ0) is 12.8. The van der Waals surface area contributed by atoms with E-state index < -0.39 is 0 Å². The largest absolute Gasteiger partial charge is 0.383 e. The van der Waals surface area contributed by atoms with Gasteiger partial charge < -0.3 is 15.0 Å². The smallest absolute Gasteiger partial charge is 0.225 e. The van der Waals surface area contributed by atoms with Crippen molar-refractivity contribution in [1.29, 1.82) is 0 Å². The lowest BCUT2D eigenvalue weighted by Gasteiger charge is -2.25. The van der Waals surface area contributed by atoms with Crippen molar-refractivity contribution in [1.82, 2.24) is 15.3 Å². The molecule has 1 aliphatic heterocycles. The summed E-state index contributed by atoms with van der Waals surface area (Å²) in [6.45, 7) is 3.55. The summed E-state index contributed by atoms with van der Waals surface area (Å²) in [5.74, 6) is 0.768. The predicted octanol–water partition coefficient (Wildman–Crippen LogP) is 1.44. The molecule has 1 unspecified atom stereocenters. The Balaban J connectivity index is 2.00. The molecule has 1 aliphatic rings. The van der Waals surface area contributed by atoms with Crippen LogP contribution in [-0.2, 0) is 4.74 Å². The first-order chi connectivity index (χ1) is 8.79. The van der Waals surface area contributed by atoms with E-state index in [2.05, 4.69) is 36.1 Å². The highest BCUT2D eigenvalue weighted by molar-refractivity contribution is 9.10. The van der Waals surface area contributed by atoms with Crippen LogP contribution in [0.15, 0.2) is 16.9 Å². The third-order valence-corrected chi connectivity index (χ3v) is 3.47. The Bertz CT molecular complexity index is 354. The first-order valence-electron chi connectivity index (χ1n) is 6.24. The van der Waals surface area contributed by atoms with Gasteiger partial charge in [-0.3, -0.25) is 0 Å². The minimum atomic E-state index is 0.536. The second-order valence-electron chi connectivity index (χ2n) is 4.43. The van der Waals surface area contributed by atoms with Gasteiger partial charge in [0.25, 0.3) is 0 Å². The number of nitrogens with one attached hydrogen (secondary N) is 1. The summed E-state index contributed by atoms with van der Waals surface area (Å²) in [6.07, 6.45) is 6.04. The Kier molecular flexibility index (Phi) is 5.34. The fraction of sp³-hybridized carbons (Fsp3) is 0.667. The van der Waals surface area contributed by atoms with Crippen LogP contribution in [0.4, 0.5) is 5.95 Å². The van der Waals surface area contributed by atoms with Gasteiger partial charge in [-0.2, -0.15) is 0 Å². The molecule has 1 fully saturated rings. The summed E-state index contributed by atoms with van der Waals surface area (Å²) in [6, 6.07) is 0.536. The minimum Gasteiger partial charge on any atom is -0.383 e. The van der Waals surface area contributed by atoms with Crippen LogP contribution in [0.3, 0.4) is 0 Å². The fourth-order valence-electron chi connectivity index (χ4n) is 2.12. The number of hydrogen-bond acceptors (Lipinski definition) is 5. The van der Waals surface area contributed by atoms with Gasteiger partial charge in [-0.05, 0) is 35.3 Å². The van der Waals surface area contributed by atoms with Crippen molar-refractivity contribution in [2.45, 2.75) is 18.9 Å². The van der Waals surface area contributed by atoms with Crippen LogP contribution in [0.1, 0.15) is 12.8 Å². The second-order valence-corrected chi connectivity index (χ2v) is 5.35. The molecule has 100 valence electrons. The summed E-state index contributed by atoms with van der Waals surface area (Å²) in [5, 5.41) is 3.50. The highest BCUT2D eigenvalue weighted by Crippen LogP contribution is 2.14. The van der Waals surface area contributed by atoms with Crippen LogP contribution < -0.4 is 10.2 Å². The number of nitrogens with zero attached hydrogens (tertiary/aromatic N) is 3. The van der Waals surface area contributed by atoms with Crippen molar-refractivity contribution in [3.63, 3.8) is 0 Å². The quantitative estimate of drug-likeness (QED) is 0.861. The van der Waals surface area contributed by atoms with Crippen molar-refractivity contribution in [2.24, 2.45) is 0 Å². The summed E-state index contributed by atoms with van der Waals surface area (Å²) < 4.78 is 6.06. The molecule has 1 aromatic rings. The molecule has 1 aromatic heterocycles. The van der Waals surface area contributed by atoms with Gasteiger partial charge in [0.1, 0.15) is 0 Å². The van der Waals surface area contributed by atoms with Crippen molar-refractivity contribution in [3.05, 3.63) is 16.9 Å². The highest BCUT2D eigenvalue weighted by atomic mass is 79.9. The number of halogens is 1. The zero-order valence-corrected chi connectivity index (χ0v) is 12.2. The van der Waals surface area contributed by atoms with Crippen LogP contribution in [0.25, 0.3) is 0 Å². The maximum atomic E-state index is 5.16. The van der Waals surface area contributed by atoms with E-state index >= 15 is 0 Å². The van der Waals surface area contributed by atoms with Crippen LogP contribution in [0, 0.1) is 0 Å². The van der Waals surface area contributed by atoms with E-state index in [4.69, 9.17) is 4.74 Å². The number of hydrogen-bond donors (Lipinski definition) is 1. The van der Waals surface area contributed by atoms with Crippen molar-refractivity contribution < 1.29 is 4.74 Å². The molecule has 1 atom stereocenters. The molecular formula is C12H19BrN4O. The topological polar surface area (TPSA) is 50.3 Å². The zero-order valence-electron chi connectivity index (χ0n) is 10.6. The predicted molar refractivity (Wildman–Crippen MR) is 74.8 cm³/mol. The summed E-state index contributed by atoms with van der Waals surface area (Å²) in [7, 11) is 1.72. The molecule has 5 nitrogen and oxygen atoms in total. The number of ether oxygens (including phenoxy) is 1. The molecule has 0 radical (unpaired) electrons. The van der Waals surface area contributed by atoms with E-state index in [0.717, 1.165) is 30.1 Å². The van der Waals surface area contributed by atoms with Gasteiger partial charge in [0.2, 0.25) is 5.95 Å². The molecule has 0 spiro atoms. The Hall–Kier alpha value is -0.720. The maximum absolute atomic E-state index is 5.16. The SMILES string of the molecule is COCCN(CC1CCCN1)c1ncc(Br)cn1. The second kappa shape index (κ2) is 7.01. The molecule has 2 heterocycles. The minimum absolute atomic E-state index is 0.536. The molecular weight excluding hydrogens is 296 g/mol. The van der Waals surface area contributed by atoms with E-state index in [1.165, 1.54) is 12.8 Å². The lowest BCUT2D eigenvalue weighted by Crippen LogP contribution is -2.40. The normalized spacial score (nSPS) is 19.1. The van der Waals surface area contributed by atoms with Gasteiger partial charge in [-0.1, -0.05) is 0 Å². The van der Waals surface area contributed by atoms with Gasteiger partial charge in [0, 0.05) is 38.6 Å². The van der Waals surface area contributed by atoms with Gasteiger partial charge in [-0.25, -0.2) is 9.97 Å². The molecule has 0 aromatic carbocycles. The average molecular weight is 315 g/mol. The van der Waals surface area contributed by atoms with Crippen LogP contribution in [0.5, 0.6) is 0 Å². The third kappa shape index (κ3) is 3.90. The Labute approximate surface area is 116 Å². The first-order valence-corrected chi connectivity index (χ1v) is 7.03. The molecule has 0 amide bonds. The highest BCUT2D eigenvalue weighted by Gasteiger charge is 2.19. The molecule has 0 bridgehead atoms. The number of aromatic nitrogens is 2. The van der Waals surface area contributed by atoms with Gasteiger partial charge in [0.05, 0.1) is 11.1 Å². The van der Waals surface area contributed by atoms with E-state index in [0.29, 0.717) is 12.6 Å². The van der Waals surface area contributed by atoms with Crippen LogP contribution in [-0.4, -0.2) is 49.4 Å². The van der Waals surface area contributed by atoms with E-state index in [-0.39, 0.29) is 0 Å². The Morgan fingerprint density at radius 3 is 2.89 bits per heavy atom. The summed E-state index contributed by atoms with van der Waals surface area (Å²) in [4.78, 5) is 10.9. The van der Waals surface area contributed by atoms with E-state index in [1.807, 2.05) is 0 Å². The maximum Gasteiger partial charge on any atom is 0.225 e. The monoisotopic (exact) mass is 314 g/mol. The lowest BCUT2D eigenvalue weighted by atomic mass is 10.2. The molecule has 0 saturated carbocycles. The Morgan fingerprint density at radius 1 is 1.50 bits per heavy atom. The molecule has 18 heavy (non-hydrogen) atoms.